The number of ether oxygens (including phenoxy) is 4. The van der Waals surface area contributed by atoms with E-state index >= 15 is 0 Å². The van der Waals surface area contributed by atoms with Crippen molar-refractivity contribution < 1.29 is 18.9 Å². The van der Waals surface area contributed by atoms with Crippen LogP contribution in [0.1, 0.15) is 24.4 Å². The van der Waals surface area contributed by atoms with E-state index in [-0.39, 0.29) is 6.04 Å². The molecule has 0 saturated heterocycles. The summed E-state index contributed by atoms with van der Waals surface area (Å²) in [7, 11) is 8.56. The Morgan fingerprint density at radius 3 is 2.05 bits per heavy atom. The second-order valence-corrected chi connectivity index (χ2v) is 4.43. The SMILES string of the molecule is CNC(CCCOC)c1cc(OC)c(OC)cc1OC. The average molecular weight is 283 g/mol. The number of benzene rings is 1. The largest absolute Gasteiger partial charge is 0.496 e. The Labute approximate surface area is 121 Å². The molecule has 114 valence electrons. The van der Waals surface area contributed by atoms with Crippen molar-refractivity contribution in [3.05, 3.63) is 17.7 Å². The van der Waals surface area contributed by atoms with Crippen LogP contribution in [0.15, 0.2) is 12.1 Å². The highest BCUT2D eigenvalue weighted by molar-refractivity contribution is 5.51. The highest BCUT2D eigenvalue weighted by Crippen LogP contribution is 2.38. The molecule has 0 heterocycles. The standard InChI is InChI=1S/C15H25NO4/c1-16-12(7-6-8-17-2)11-9-14(19-4)15(20-5)10-13(11)18-3/h9-10,12,16H,6-8H2,1-5H3. The summed E-state index contributed by atoms with van der Waals surface area (Å²) in [5.41, 5.74) is 1.06. The summed E-state index contributed by atoms with van der Waals surface area (Å²) in [6, 6.07) is 4.00. The third-order valence-electron chi connectivity index (χ3n) is 3.30. The minimum atomic E-state index is 0.180. The zero-order valence-corrected chi connectivity index (χ0v) is 13.0. The number of methoxy groups -OCH3 is 4. The van der Waals surface area contributed by atoms with E-state index in [0.717, 1.165) is 30.8 Å². The minimum Gasteiger partial charge on any atom is -0.496 e. The van der Waals surface area contributed by atoms with Crippen molar-refractivity contribution >= 4 is 0 Å². The molecule has 0 saturated carbocycles. The summed E-state index contributed by atoms with van der Waals surface area (Å²) in [4.78, 5) is 0. The van der Waals surface area contributed by atoms with E-state index in [2.05, 4.69) is 5.32 Å². The minimum absolute atomic E-state index is 0.180. The molecule has 1 unspecified atom stereocenters. The first-order chi connectivity index (χ1) is 9.71. The molecule has 1 N–H and O–H groups in total. The molecule has 1 aromatic rings. The van der Waals surface area contributed by atoms with Crippen molar-refractivity contribution in [2.24, 2.45) is 0 Å². The van der Waals surface area contributed by atoms with Gasteiger partial charge in [-0.2, -0.15) is 0 Å². The van der Waals surface area contributed by atoms with Crippen LogP contribution in [0.5, 0.6) is 17.2 Å². The van der Waals surface area contributed by atoms with Crippen LogP contribution >= 0.6 is 0 Å². The molecule has 0 aromatic heterocycles. The third-order valence-corrected chi connectivity index (χ3v) is 3.30. The van der Waals surface area contributed by atoms with Gasteiger partial charge < -0.3 is 24.3 Å². The van der Waals surface area contributed by atoms with Crippen molar-refractivity contribution in [2.75, 3.05) is 42.1 Å². The van der Waals surface area contributed by atoms with Crippen molar-refractivity contribution in [1.82, 2.24) is 5.32 Å². The molecule has 0 bridgehead atoms. The first kappa shape index (κ1) is 16.6. The van der Waals surface area contributed by atoms with Crippen LogP contribution in [-0.2, 0) is 4.74 Å². The van der Waals surface area contributed by atoms with E-state index < -0.39 is 0 Å². The Morgan fingerprint density at radius 2 is 1.55 bits per heavy atom. The molecule has 0 aliphatic heterocycles. The van der Waals surface area contributed by atoms with E-state index in [1.807, 2.05) is 19.2 Å². The van der Waals surface area contributed by atoms with E-state index in [4.69, 9.17) is 18.9 Å². The van der Waals surface area contributed by atoms with Crippen molar-refractivity contribution in [1.29, 1.82) is 0 Å². The Morgan fingerprint density at radius 1 is 0.950 bits per heavy atom. The van der Waals surface area contributed by atoms with Gasteiger partial charge in [-0.1, -0.05) is 0 Å². The number of hydrogen-bond acceptors (Lipinski definition) is 5. The fraction of sp³-hybridized carbons (Fsp3) is 0.600. The first-order valence-electron chi connectivity index (χ1n) is 6.67. The highest BCUT2D eigenvalue weighted by Gasteiger charge is 2.18. The predicted octanol–water partition coefficient (Wildman–Crippen LogP) is 2.40. The van der Waals surface area contributed by atoms with Crippen LogP contribution in [-0.4, -0.2) is 42.1 Å². The third kappa shape index (κ3) is 4.02. The second kappa shape index (κ2) is 8.66. The maximum atomic E-state index is 5.47. The van der Waals surface area contributed by atoms with E-state index in [0.29, 0.717) is 11.5 Å². The van der Waals surface area contributed by atoms with E-state index in [1.54, 1.807) is 28.4 Å². The molecule has 5 nitrogen and oxygen atoms in total. The van der Waals surface area contributed by atoms with Gasteiger partial charge in [-0.25, -0.2) is 0 Å². The molecule has 1 aromatic carbocycles. The van der Waals surface area contributed by atoms with Gasteiger partial charge in [-0.05, 0) is 26.0 Å². The Bertz CT molecular complexity index is 409. The quantitative estimate of drug-likeness (QED) is 0.705. The van der Waals surface area contributed by atoms with Crippen LogP contribution in [0, 0.1) is 0 Å². The highest BCUT2D eigenvalue weighted by atomic mass is 16.5. The maximum absolute atomic E-state index is 5.47. The van der Waals surface area contributed by atoms with Crippen LogP contribution < -0.4 is 19.5 Å². The topological polar surface area (TPSA) is 49.0 Å². The monoisotopic (exact) mass is 283 g/mol. The van der Waals surface area contributed by atoms with Crippen molar-refractivity contribution in [2.45, 2.75) is 18.9 Å². The molecule has 0 spiro atoms. The van der Waals surface area contributed by atoms with Gasteiger partial charge in [0.15, 0.2) is 11.5 Å². The summed E-state index contributed by atoms with van der Waals surface area (Å²) in [6.07, 6.45) is 1.93. The van der Waals surface area contributed by atoms with Gasteiger partial charge in [0.2, 0.25) is 0 Å². The lowest BCUT2D eigenvalue weighted by Crippen LogP contribution is -2.18. The molecule has 5 heteroatoms. The Kier molecular flexibility index (Phi) is 7.18. The van der Waals surface area contributed by atoms with Crippen LogP contribution in [0.3, 0.4) is 0 Å². The van der Waals surface area contributed by atoms with E-state index in [1.165, 1.54) is 0 Å². The van der Waals surface area contributed by atoms with Gasteiger partial charge >= 0.3 is 0 Å². The maximum Gasteiger partial charge on any atom is 0.164 e. The summed E-state index contributed by atoms with van der Waals surface area (Å²) >= 11 is 0. The van der Waals surface area contributed by atoms with Gasteiger partial charge in [-0.3, -0.25) is 0 Å². The lowest BCUT2D eigenvalue weighted by molar-refractivity contribution is 0.189. The molecule has 1 rings (SSSR count). The number of nitrogens with one attached hydrogen (secondary N) is 1. The summed E-state index contributed by atoms with van der Waals surface area (Å²) in [5.74, 6) is 2.16. The van der Waals surface area contributed by atoms with Gasteiger partial charge in [0, 0.05) is 31.4 Å². The molecule has 0 aliphatic carbocycles. The fourth-order valence-electron chi connectivity index (χ4n) is 2.21. The summed E-state index contributed by atoms with van der Waals surface area (Å²) < 4.78 is 21.2. The van der Waals surface area contributed by atoms with Crippen LogP contribution in [0.2, 0.25) is 0 Å². The van der Waals surface area contributed by atoms with Crippen molar-refractivity contribution in [3.8, 4) is 17.2 Å². The van der Waals surface area contributed by atoms with E-state index in [9.17, 15) is 0 Å². The lowest BCUT2D eigenvalue weighted by Gasteiger charge is -2.21. The number of rotatable bonds is 9. The molecule has 1 atom stereocenters. The molecule has 0 aliphatic rings. The zero-order chi connectivity index (χ0) is 15.0. The van der Waals surface area contributed by atoms with Gasteiger partial charge in [0.25, 0.3) is 0 Å². The summed E-state index contributed by atoms with van der Waals surface area (Å²) in [5, 5.41) is 3.31. The molecule has 0 amide bonds. The molecule has 0 radical (unpaired) electrons. The van der Waals surface area contributed by atoms with Gasteiger partial charge in [0.05, 0.1) is 21.3 Å². The number of hydrogen-bond donors (Lipinski definition) is 1. The first-order valence-corrected chi connectivity index (χ1v) is 6.67. The lowest BCUT2D eigenvalue weighted by atomic mass is 10.0. The zero-order valence-electron chi connectivity index (χ0n) is 13.0. The summed E-state index contributed by atoms with van der Waals surface area (Å²) in [6.45, 7) is 0.744. The Balaban J connectivity index is 3.05. The van der Waals surface area contributed by atoms with Gasteiger partial charge in [0.1, 0.15) is 5.75 Å². The second-order valence-electron chi connectivity index (χ2n) is 4.43. The molecule has 20 heavy (non-hydrogen) atoms. The predicted molar refractivity (Wildman–Crippen MR) is 79.0 cm³/mol. The normalized spacial score (nSPS) is 12.1. The fourth-order valence-corrected chi connectivity index (χ4v) is 2.21. The molecular weight excluding hydrogens is 258 g/mol. The van der Waals surface area contributed by atoms with Crippen LogP contribution in [0.25, 0.3) is 0 Å². The molecule has 0 fully saturated rings. The van der Waals surface area contributed by atoms with Crippen molar-refractivity contribution in [3.63, 3.8) is 0 Å². The Hall–Kier alpha value is -1.46. The average Bonchev–Trinajstić information content (AvgIpc) is 2.50. The molecular formula is C15H25NO4. The smallest absolute Gasteiger partial charge is 0.164 e. The van der Waals surface area contributed by atoms with Crippen LogP contribution in [0.4, 0.5) is 0 Å². The van der Waals surface area contributed by atoms with Gasteiger partial charge in [-0.15, -0.1) is 0 Å².